The number of Topliss-reactive ketones (excluding diaryl/α,β-unsaturated/α-hetero) is 2. The van der Waals surface area contributed by atoms with Crippen LogP contribution in [0.5, 0.6) is 0 Å². The number of rotatable bonds is 5. The molecule has 0 bridgehead atoms. The molecule has 1 rings (SSSR count). The lowest BCUT2D eigenvalue weighted by Gasteiger charge is -2.08. The predicted molar refractivity (Wildman–Crippen MR) is 51.8 cm³/mol. The van der Waals surface area contributed by atoms with Crippen LogP contribution in [0.1, 0.15) is 32.6 Å². The number of carbonyl (C=O) groups excluding carboxylic acids is 2. The molecule has 4 nitrogen and oxygen atoms in total. The van der Waals surface area contributed by atoms with Crippen molar-refractivity contribution in [3.63, 3.8) is 0 Å². The van der Waals surface area contributed by atoms with Crippen LogP contribution in [-0.4, -0.2) is 22.7 Å². The highest BCUT2D eigenvalue weighted by Gasteiger charge is 2.23. The number of ketones is 2. The fraction of sp³-hybridized carbons (Fsp3) is 0.600. The van der Waals surface area contributed by atoms with E-state index in [2.05, 4.69) is 0 Å². The average molecular weight is 197 g/mol. The molecule has 1 atom stereocenters. The third-order valence-corrected chi connectivity index (χ3v) is 2.11. The van der Waals surface area contributed by atoms with E-state index in [9.17, 15) is 14.7 Å². The molecule has 0 amide bonds. The van der Waals surface area contributed by atoms with Gasteiger partial charge >= 0.3 is 0 Å². The van der Waals surface area contributed by atoms with Gasteiger partial charge in [0, 0.05) is 6.42 Å². The molecule has 0 aromatic rings. The highest BCUT2D eigenvalue weighted by atomic mass is 16.3. The van der Waals surface area contributed by atoms with Crippen LogP contribution in [0.2, 0.25) is 0 Å². The third-order valence-electron chi connectivity index (χ3n) is 2.11. The van der Waals surface area contributed by atoms with Gasteiger partial charge in [-0.15, -0.1) is 0 Å². The fourth-order valence-electron chi connectivity index (χ4n) is 1.27. The standard InChI is InChI=1S/C10H15NO3/c1-6(12)4-8(13)5-9(11)10(14)7-2-3-7/h9,14H,2-5,11H2,1H3. The smallest absolute Gasteiger partial charge is 0.142 e. The van der Waals surface area contributed by atoms with Crippen LogP contribution in [0, 0.1) is 0 Å². The summed E-state index contributed by atoms with van der Waals surface area (Å²) < 4.78 is 0. The van der Waals surface area contributed by atoms with Gasteiger partial charge in [0.15, 0.2) is 0 Å². The molecule has 1 unspecified atom stereocenters. The van der Waals surface area contributed by atoms with Crippen molar-refractivity contribution >= 4 is 11.6 Å². The molecular formula is C10H15NO3. The normalized spacial score (nSPS) is 16.3. The van der Waals surface area contributed by atoms with E-state index in [1.54, 1.807) is 0 Å². The maximum Gasteiger partial charge on any atom is 0.142 e. The van der Waals surface area contributed by atoms with E-state index >= 15 is 0 Å². The Morgan fingerprint density at radius 1 is 1.50 bits per heavy atom. The zero-order valence-electron chi connectivity index (χ0n) is 8.25. The van der Waals surface area contributed by atoms with Crippen molar-refractivity contribution in [3.05, 3.63) is 11.3 Å². The topological polar surface area (TPSA) is 80.4 Å². The second-order valence-corrected chi connectivity index (χ2v) is 3.72. The Morgan fingerprint density at radius 2 is 2.07 bits per heavy atom. The minimum atomic E-state index is -0.626. The minimum absolute atomic E-state index is 0.0505. The summed E-state index contributed by atoms with van der Waals surface area (Å²) in [6.07, 6.45) is 1.71. The Balaban J connectivity index is 2.40. The number of hydrogen-bond acceptors (Lipinski definition) is 4. The van der Waals surface area contributed by atoms with Gasteiger partial charge in [0.25, 0.3) is 0 Å². The first-order valence-corrected chi connectivity index (χ1v) is 4.68. The zero-order valence-corrected chi connectivity index (χ0v) is 8.25. The molecule has 3 N–H and O–H groups in total. The number of carbonyl (C=O) groups is 2. The quantitative estimate of drug-likeness (QED) is 0.506. The van der Waals surface area contributed by atoms with E-state index in [1.807, 2.05) is 0 Å². The Kier molecular flexibility index (Phi) is 3.41. The number of aliphatic hydroxyl groups is 1. The van der Waals surface area contributed by atoms with Crippen LogP contribution >= 0.6 is 0 Å². The Bertz CT molecular complexity index is 288. The molecular weight excluding hydrogens is 182 g/mol. The molecule has 4 heteroatoms. The Labute approximate surface area is 82.8 Å². The molecule has 1 fully saturated rings. The first kappa shape index (κ1) is 10.9. The van der Waals surface area contributed by atoms with Crippen molar-refractivity contribution in [1.82, 2.24) is 0 Å². The van der Waals surface area contributed by atoms with Gasteiger partial charge in [-0.05, 0) is 25.3 Å². The summed E-state index contributed by atoms with van der Waals surface area (Å²) in [4.78, 5) is 21.8. The van der Waals surface area contributed by atoms with Crippen LogP contribution in [-0.2, 0) is 9.59 Å². The number of aliphatic hydroxyl groups excluding tert-OH is 1. The Hall–Kier alpha value is -1.16. The first-order valence-electron chi connectivity index (χ1n) is 4.68. The van der Waals surface area contributed by atoms with Crippen LogP contribution in [0.15, 0.2) is 11.3 Å². The summed E-state index contributed by atoms with van der Waals surface area (Å²) in [5.41, 5.74) is 6.53. The molecule has 0 heterocycles. The monoisotopic (exact) mass is 197 g/mol. The highest BCUT2D eigenvalue weighted by molar-refractivity contribution is 5.98. The molecule has 1 aliphatic rings. The predicted octanol–water partition coefficient (Wildman–Crippen LogP) is 0.858. The summed E-state index contributed by atoms with van der Waals surface area (Å²) in [5, 5.41) is 9.46. The molecule has 0 radical (unpaired) electrons. The van der Waals surface area contributed by atoms with Crippen molar-refractivity contribution in [2.24, 2.45) is 5.73 Å². The van der Waals surface area contributed by atoms with Gasteiger partial charge in [-0.25, -0.2) is 0 Å². The summed E-state index contributed by atoms with van der Waals surface area (Å²) in [7, 11) is 0. The van der Waals surface area contributed by atoms with Gasteiger partial charge in [0.1, 0.15) is 17.3 Å². The third kappa shape index (κ3) is 3.30. The molecule has 1 saturated carbocycles. The lowest BCUT2D eigenvalue weighted by atomic mass is 10.1. The van der Waals surface area contributed by atoms with E-state index in [0.29, 0.717) is 0 Å². The molecule has 0 aromatic heterocycles. The second-order valence-electron chi connectivity index (χ2n) is 3.72. The van der Waals surface area contributed by atoms with Crippen molar-refractivity contribution in [2.75, 3.05) is 0 Å². The van der Waals surface area contributed by atoms with Crippen molar-refractivity contribution < 1.29 is 14.7 Å². The van der Waals surface area contributed by atoms with E-state index in [4.69, 9.17) is 5.73 Å². The molecule has 14 heavy (non-hydrogen) atoms. The Morgan fingerprint density at radius 3 is 2.50 bits per heavy atom. The maximum atomic E-state index is 11.2. The van der Waals surface area contributed by atoms with Gasteiger partial charge in [0.05, 0.1) is 12.5 Å². The molecule has 0 spiro atoms. The van der Waals surface area contributed by atoms with Gasteiger partial charge in [-0.3, -0.25) is 9.59 Å². The lowest BCUT2D eigenvalue weighted by Crippen LogP contribution is -2.26. The highest BCUT2D eigenvalue weighted by Crippen LogP contribution is 2.31. The largest absolute Gasteiger partial charge is 0.511 e. The lowest BCUT2D eigenvalue weighted by molar-refractivity contribution is -0.126. The summed E-state index contributed by atoms with van der Waals surface area (Å²) in [6, 6.07) is -0.626. The molecule has 78 valence electrons. The van der Waals surface area contributed by atoms with Gasteiger partial charge < -0.3 is 10.8 Å². The number of nitrogens with two attached hydrogens (primary N) is 1. The zero-order chi connectivity index (χ0) is 10.7. The summed E-state index contributed by atoms with van der Waals surface area (Å²) >= 11 is 0. The van der Waals surface area contributed by atoms with Crippen LogP contribution in [0.3, 0.4) is 0 Å². The van der Waals surface area contributed by atoms with Crippen LogP contribution in [0.25, 0.3) is 0 Å². The van der Waals surface area contributed by atoms with Crippen molar-refractivity contribution in [2.45, 2.75) is 38.6 Å². The molecule has 0 saturated heterocycles. The van der Waals surface area contributed by atoms with Gasteiger partial charge in [-0.2, -0.15) is 0 Å². The fourth-order valence-corrected chi connectivity index (χ4v) is 1.27. The van der Waals surface area contributed by atoms with Crippen molar-refractivity contribution in [1.29, 1.82) is 0 Å². The summed E-state index contributed by atoms with van der Waals surface area (Å²) in [6.45, 7) is 1.36. The van der Waals surface area contributed by atoms with Crippen molar-refractivity contribution in [3.8, 4) is 0 Å². The second kappa shape index (κ2) is 4.37. The van der Waals surface area contributed by atoms with E-state index in [-0.39, 0.29) is 30.2 Å². The first-order chi connectivity index (χ1) is 6.50. The van der Waals surface area contributed by atoms with E-state index < -0.39 is 6.04 Å². The SMILES string of the molecule is CC(=O)CC(=O)CC(N)C(O)=C1CC1. The minimum Gasteiger partial charge on any atom is -0.511 e. The van der Waals surface area contributed by atoms with Crippen LogP contribution < -0.4 is 5.73 Å². The van der Waals surface area contributed by atoms with E-state index in [0.717, 1.165) is 18.4 Å². The molecule has 0 aromatic carbocycles. The van der Waals surface area contributed by atoms with Gasteiger partial charge in [-0.1, -0.05) is 0 Å². The number of allylic oxidation sites excluding steroid dienone is 1. The molecule has 1 aliphatic carbocycles. The average Bonchev–Trinajstić information content (AvgIpc) is 2.83. The maximum absolute atomic E-state index is 11.2. The summed E-state index contributed by atoms with van der Waals surface area (Å²) in [5.74, 6) is -0.236. The number of hydrogen-bond donors (Lipinski definition) is 2. The molecule has 0 aliphatic heterocycles. The van der Waals surface area contributed by atoms with Crippen LogP contribution in [0.4, 0.5) is 0 Å². The van der Waals surface area contributed by atoms with Gasteiger partial charge in [0.2, 0.25) is 0 Å². The van der Waals surface area contributed by atoms with E-state index in [1.165, 1.54) is 6.92 Å².